The highest BCUT2D eigenvalue weighted by Crippen LogP contribution is 2.33. The lowest BCUT2D eigenvalue weighted by atomic mass is 9.91. The van der Waals surface area contributed by atoms with Gasteiger partial charge in [-0.25, -0.2) is 14.4 Å². The Hall–Kier alpha value is -3.58. The number of carbonyl (C=O) groups is 5. The number of esters is 1. The molecule has 44 heavy (non-hydrogen) atoms. The number of carbonyl (C=O) groups excluding carboxylic acids is 5. The van der Waals surface area contributed by atoms with Crippen LogP contribution in [-0.4, -0.2) is 101 Å². The maximum Gasteiger partial charge on any atom is 0.414 e. The molecule has 0 aromatic carbocycles. The topological polar surface area (TPSA) is 165 Å². The maximum absolute atomic E-state index is 12.8. The molecule has 4 amide bonds. The van der Waals surface area contributed by atoms with Crippen molar-refractivity contribution in [2.75, 3.05) is 32.7 Å². The van der Waals surface area contributed by atoms with Gasteiger partial charge in [0.15, 0.2) is 0 Å². The van der Waals surface area contributed by atoms with Gasteiger partial charge in [-0.1, -0.05) is 6.42 Å². The lowest BCUT2D eigenvalue weighted by Crippen LogP contribution is -2.49. The molecule has 0 atom stereocenters. The van der Waals surface area contributed by atoms with Crippen LogP contribution in [0.15, 0.2) is 4.99 Å². The predicted molar refractivity (Wildman–Crippen MR) is 162 cm³/mol. The molecule has 2 N–H and O–H groups in total. The van der Waals surface area contributed by atoms with Crippen LogP contribution >= 0.6 is 0 Å². The molecule has 2 saturated heterocycles. The summed E-state index contributed by atoms with van der Waals surface area (Å²) in [5.74, 6) is -0.541. The number of likely N-dealkylation sites (tertiary alicyclic amines) is 1. The number of unbranched alkanes of at least 4 members (excludes halogenated alkanes) is 2. The summed E-state index contributed by atoms with van der Waals surface area (Å²) in [7, 11) is 0. The molecule has 2 aliphatic heterocycles. The second-order valence-electron chi connectivity index (χ2n) is 14.2. The molecule has 0 aliphatic carbocycles. The van der Waals surface area contributed by atoms with E-state index < -0.39 is 46.7 Å². The summed E-state index contributed by atoms with van der Waals surface area (Å²) in [5.41, 5.74) is -2.80. The molecule has 14 nitrogen and oxygen atoms in total. The molecule has 2 rings (SSSR count). The van der Waals surface area contributed by atoms with Crippen molar-refractivity contribution in [2.45, 2.75) is 123 Å². The van der Waals surface area contributed by atoms with Gasteiger partial charge in [-0.2, -0.15) is 0 Å². The third-order valence-corrected chi connectivity index (χ3v) is 6.37. The third kappa shape index (κ3) is 13.8. The molecule has 2 heterocycles. The van der Waals surface area contributed by atoms with Crippen molar-refractivity contribution in [3.63, 3.8) is 0 Å². The molecule has 0 radical (unpaired) electrons. The van der Waals surface area contributed by atoms with Crippen LogP contribution in [0.1, 0.15) is 101 Å². The number of hydrogen-bond acceptors (Lipinski definition) is 10. The Labute approximate surface area is 260 Å². The Balaban J connectivity index is 1.77. The van der Waals surface area contributed by atoms with E-state index in [2.05, 4.69) is 15.6 Å². The van der Waals surface area contributed by atoms with E-state index in [-0.39, 0.29) is 18.4 Å². The highest BCUT2D eigenvalue weighted by molar-refractivity contribution is 6.01. The van der Waals surface area contributed by atoms with Crippen LogP contribution in [0.5, 0.6) is 0 Å². The Kier molecular flexibility index (Phi) is 12.4. The normalized spacial score (nSPS) is 16.6. The standard InChI is InChI=1S/C30H51N5O9/c1-27(2,3)41-22(37)19-35-20-30(44-26(35)40)14-17-34(18-15-30)21(36)13-11-10-12-16-31-23(32-24(38)42-28(4,5)6)33-25(39)43-29(7,8)9/h10-20H2,1-9H3,(H2,31,32,33,38,39). The van der Waals surface area contributed by atoms with E-state index >= 15 is 0 Å². The fourth-order valence-corrected chi connectivity index (χ4v) is 4.59. The van der Waals surface area contributed by atoms with Crippen LogP contribution in [-0.2, 0) is 28.5 Å². The molecular formula is C30H51N5O9. The maximum atomic E-state index is 12.8. The number of nitrogens with zero attached hydrogens (tertiary/aromatic N) is 3. The minimum Gasteiger partial charge on any atom is -0.459 e. The van der Waals surface area contributed by atoms with Crippen molar-refractivity contribution in [3.05, 3.63) is 0 Å². The van der Waals surface area contributed by atoms with E-state index in [1.807, 2.05) is 0 Å². The minimum absolute atomic E-state index is 0.0251. The third-order valence-electron chi connectivity index (χ3n) is 6.37. The van der Waals surface area contributed by atoms with Gasteiger partial charge in [-0.05, 0) is 75.2 Å². The predicted octanol–water partition coefficient (Wildman–Crippen LogP) is 4.11. The van der Waals surface area contributed by atoms with Crippen molar-refractivity contribution in [3.8, 4) is 0 Å². The van der Waals surface area contributed by atoms with Crippen molar-refractivity contribution >= 4 is 36.1 Å². The molecule has 1 spiro atoms. The first kappa shape index (κ1) is 36.6. The van der Waals surface area contributed by atoms with Gasteiger partial charge in [-0.15, -0.1) is 0 Å². The minimum atomic E-state index is -0.760. The Morgan fingerprint density at radius 1 is 0.818 bits per heavy atom. The lowest BCUT2D eigenvalue weighted by molar-refractivity contribution is -0.155. The zero-order chi connectivity index (χ0) is 33.3. The Morgan fingerprint density at radius 3 is 1.84 bits per heavy atom. The zero-order valence-electron chi connectivity index (χ0n) is 27.8. The number of guanidine groups is 1. The summed E-state index contributed by atoms with van der Waals surface area (Å²) >= 11 is 0. The first-order valence-corrected chi connectivity index (χ1v) is 15.2. The molecule has 250 valence electrons. The van der Waals surface area contributed by atoms with Crippen LogP contribution in [0.2, 0.25) is 0 Å². The number of ether oxygens (including phenoxy) is 4. The van der Waals surface area contributed by atoms with Crippen LogP contribution in [0, 0.1) is 0 Å². The molecule has 2 fully saturated rings. The molecule has 0 saturated carbocycles. The van der Waals surface area contributed by atoms with Crippen LogP contribution < -0.4 is 10.6 Å². The van der Waals surface area contributed by atoms with Gasteiger partial charge in [0, 0.05) is 38.9 Å². The summed E-state index contributed by atoms with van der Waals surface area (Å²) in [6, 6.07) is 0. The van der Waals surface area contributed by atoms with Crippen molar-refractivity contribution in [2.24, 2.45) is 4.99 Å². The van der Waals surface area contributed by atoms with Crippen LogP contribution in [0.4, 0.5) is 14.4 Å². The average molecular weight is 626 g/mol. The van der Waals surface area contributed by atoms with Crippen LogP contribution in [0.3, 0.4) is 0 Å². The van der Waals surface area contributed by atoms with E-state index in [1.165, 1.54) is 4.90 Å². The number of hydrogen-bond donors (Lipinski definition) is 2. The van der Waals surface area contributed by atoms with Crippen LogP contribution in [0.25, 0.3) is 0 Å². The second kappa shape index (κ2) is 14.9. The fraction of sp³-hybridized carbons (Fsp3) is 0.800. The number of aliphatic imine (C=N–C) groups is 1. The SMILES string of the molecule is CC(C)(C)OC(=O)CN1CC2(CCN(C(=O)CCCCCN=C(NC(=O)OC(C)(C)C)NC(=O)OC(C)(C)C)CC2)OC1=O. The van der Waals surface area contributed by atoms with E-state index in [0.717, 1.165) is 0 Å². The molecular weight excluding hydrogens is 574 g/mol. The Morgan fingerprint density at radius 2 is 1.34 bits per heavy atom. The quantitative estimate of drug-likeness (QED) is 0.133. The fourth-order valence-electron chi connectivity index (χ4n) is 4.59. The lowest BCUT2D eigenvalue weighted by Gasteiger charge is -2.37. The number of amides is 4. The second-order valence-corrected chi connectivity index (χ2v) is 14.2. The first-order valence-electron chi connectivity index (χ1n) is 15.2. The molecule has 0 aromatic rings. The number of alkyl carbamates (subject to hydrolysis) is 2. The van der Waals surface area contributed by atoms with Gasteiger partial charge < -0.3 is 23.8 Å². The van der Waals surface area contributed by atoms with Crippen molar-refractivity contribution in [1.82, 2.24) is 20.4 Å². The first-order chi connectivity index (χ1) is 20.2. The number of nitrogens with one attached hydrogen (secondary N) is 2. The average Bonchev–Trinajstić information content (AvgIpc) is 3.11. The molecule has 0 unspecified atom stereocenters. The smallest absolute Gasteiger partial charge is 0.414 e. The zero-order valence-corrected chi connectivity index (χ0v) is 27.8. The monoisotopic (exact) mass is 625 g/mol. The summed E-state index contributed by atoms with van der Waals surface area (Å²) in [5, 5.41) is 4.89. The van der Waals surface area contributed by atoms with E-state index in [4.69, 9.17) is 18.9 Å². The van der Waals surface area contributed by atoms with Gasteiger partial charge in [0.05, 0.1) is 6.54 Å². The van der Waals surface area contributed by atoms with Gasteiger partial charge in [-0.3, -0.25) is 30.1 Å². The Bertz CT molecular complexity index is 1050. The summed E-state index contributed by atoms with van der Waals surface area (Å²) in [6.07, 6.45) is 1.27. The summed E-state index contributed by atoms with van der Waals surface area (Å²) in [4.78, 5) is 69.2. The van der Waals surface area contributed by atoms with Crippen molar-refractivity contribution < 1.29 is 42.9 Å². The van der Waals surface area contributed by atoms with E-state index in [0.29, 0.717) is 64.7 Å². The molecule has 0 bridgehead atoms. The van der Waals surface area contributed by atoms with E-state index in [1.54, 1.807) is 67.2 Å². The molecule has 0 aromatic heterocycles. The summed E-state index contributed by atoms with van der Waals surface area (Å²) in [6.45, 7) is 17.0. The van der Waals surface area contributed by atoms with Gasteiger partial charge in [0.2, 0.25) is 11.9 Å². The molecule has 14 heteroatoms. The van der Waals surface area contributed by atoms with Crippen molar-refractivity contribution in [1.29, 1.82) is 0 Å². The number of rotatable bonds is 8. The van der Waals surface area contributed by atoms with Gasteiger partial charge >= 0.3 is 24.2 Å². The number of piperidine rings is 1. The summed E-state index contributed by atoms with van der Waals surface area (Å²) < 4.78 is 21.5. The van der Waals surface area contributed by atoms with Gasteiger partial charge in [0.25, 0.3) is 0 Å². The largest absolute Gasteiger partial charge is 0.459 e. The van der Waals surface area contributed by atoms with Gasteiger partial charge in [0.1, 0.15) is 28.9 Å². The molecule has 2 aliphatic rings. The van der Waals surface area contributed by atoms with E-state index in [9.17, 15) is 24.0 Å². The highest BCUT2D eigenvalue weighted by Gasteiger charge is 2.48. The highest BCUT2D eigenvalue weighted by atomic mass is 16.6.